The van der Waals surface area contributed by atoms with E-state index in [0.717, 1.165) is 49.7 Å². The fraction of sp³-hybridized carbons (Fsp3) is 0. The second-order valence-electron chi connectivity index (χ2n) is 12.1. The predicted octanol–water partition coefficient (Wildman–Crippen LogP) is 10.6. The topological polar surface area (TPSA) is 48.5 Å². The van der Waals surface area contributed by atoms with Crippen molar-refractivity contribution in [2.45, 2.75) is 0 Å². The molecule has 0 aliphatic heterocycles. The number of fused-ring (bicyclic) bond motifs is 9. The van der Waals surface area contributed by atoms with Crippen LogP contribution in [0.25, 0.3) is 88.8 Å². The van der Waals surface area contributed by atoms with E-state index in [-0.39, 0.29) is 0 Å². The van der Waals surface area contributed by atoms with E-state index in [1.807, 2.05) is 36.4 Å². The molecule has 0 saturated heterocycles. The summed E-state index contributed by atoms with van der Waals surface area (Å²) >= 11 is 0. The van der Waals surface area contributed by atoms with Crippen molar-refractivity contribution in [2.75, 3.05) is 0 Å². The minimum absolute atomic E-state index is 0.580. The largest absolute Gasteiger partial charge is 0.307 e. The Hall–Kier alpha value is -6.59. The molecule has 10 aromatic rings. The first-order valence-electron chi connectivity index (χ1n) is 16.1. The minimum Gasteiger partial charge on any atom is -0.307 e. The summed E-state index contributed by atoms with van der Waals surface area (Å²) in [5, 5.41) is 7.15. The van der Waals surface area contributed by atoms with Gasteiger partial charge in [0.2, 0.25) is 5.95 Å². The van der Waals surface area contributed by atoms with Crippen LogP contribution in [0.15, 0.2) is 164 Å². The molecule has 7 aromatic carbocycles. The summed E-state index contributed by atoms with van der Waals surface area (Å²) in [7, 11) is 0. The first-order chi connectivity index (χ1) is 23.8. The van der Waals surface area contributed by atoms with Crippen molar-refractivity contribution in [1.29, 1.82) is 0 Å². The van der Waals surface area contributed by atoms with Crippen LogP contribution in [-0.2, 0) is 0 Å². The Morgan fingerprint density at radius 2 is 0.917 bits per heavy atom. The Labute approximate surface area is 276 Å². The Morgan fingerprint density at radius 3 is 1.62 bits per heavy atom. The smallest absolute Gasteiger partial charge is 0.238 e. The third kappa shape index (κ3) is 3.94. The quantitative estimate of drug-likeness (QED) is 0.198. The van der Waals surface area contributed by atoms with Gasteiger partial charge in [0, 0.05) is 38.4 Å². The van der Waals surface area contributed by atoms with Crippen LogP contribution in [0, 0.1) is 0 Å². The summed E-state index contributed by atoms with van der Waals surface area (Å²) in [4.78, 5) is 15.4. The van der Waals surface area contributed by atoms with Crippen LogP contribution in [0.5, 0.6) is 0 Å². The van der Waals surface area contributed by atoms with Crippen LogP contribution in [0.4, 0.5) is 0 Å². The van der Waals surface area contributed by atoms with E-state index in [9.17, 15) is 0 Å². The van der Waals surface area contributed by atoms with Crippen molar-refractivity contribution in [3.05, 3.63) is 164 Å². The highest BCUT2D eigenvalue weighted by Gasteiger charge is 2.24. The molecule has 0 amide bonds. The molecule has 0 fully saturated rings. The lowest BCUT2D eigenvalue weighted by molar-refractivity contribution is 0.953. The summed E-state index contributed by atoms with van der Waals surface area (Å²) in [5.41, 5.74) is 7.35. The van der Waals surface area contributed by atoms with E-state index in [1.165, 1.54) is 21.5 Å². The molecule has 3 aromatic heterocycles. The molecule has 0 atom stereocenters. The summed E-state index contributed by atoms with van der Waals surface area (Å²) in [6, 6.07) is 57.2. The molecule has 0 saturated carbocycles. The lowest BCUT2D eigenvalue weighted by Gasteiger charge is -2.13. The van der Waals surface area contributed by atoms with Crippen LogP contribution < -0.4 is 0 Å². The molecule has 0 N–H and O–H groups in total. The van der Waals surface area contributed by atoms with Gasteiger partial charge in [-0.1, -0.05) is 140 Å². The van der Waals surface area contributed by atoms with Gasteiger partial charge in [0.1, 0.15) is 0 Å². The summed E-state index contributed by atoms with van der Waals surface area (Å²) in [6.07, 6.45) is 0. The third-order valence-corrected chi connectivity index (χ3v) is 9.35. The van der Waals surface area contributed by atoms with Gasteiger partial charge in [0.05, 0.1) is 22.1 Å². The number of benzene rings is 7. The molecular weight excluding hydrogens is 587 g/mol. The fourth-order valence-electron chi connectivity index (χ4n) is 7.27. The lowest BCUT2D eigenvalue weighted by Crippen LogP contribution is -2.07. The molecule has 224 valence electrons. The van der Waals surface area contributed by atoms with Crippen molar-refractivity contribution in [1.82, 2.24) is 24.1 Å². The molecule has 0 unspecified atom stereocenters. The molecule has 0 aliphatic rings. The maximum Gasteiger partial charge on any atom is 0.238 e. The zero-order valence-electron chi connectivity index (χ0n) is 25.8. The predicted molar refractivity (Wildman–Crippen MR) is 197 cm³/mol. The molecule has 10 rings (SSSR count). The molecular formula is C43H27N5. The van der Waals surface area contributed by atoms with Gasteiger partial charge in [-0.05, 0) is 35.0 Å². The molecule has 0 radical (unpaired) electrons. The van der Waals surface area contributed by atoms with E-state index < -0.39 is 0 Å². The van der Waals surface area contributed by atoms with Crippen LogP contribution in [0.1, 0.15) is 0 Å². The van der Waals surface area contributed by atoms with E-state index in [0.29, 0.717) is 17.6 Å². The maximum absolute atomic E-state index is 5.22. The Morgan fingerprint density at radius 1 is 0.354 bits per heavy atom. The molecule has 48 heavy (non-hydrogen) atoms. The van der Waals surface area contributed by atoms with Gasteiger partial charge in [-0.2, -0.15) is 9.97 Å². The van der Waals surface area contributed by atoms with Gasteiger partial charge in [-0.15, -0.1) is 0 Å². The molecule has 0 bridgehead atoms. The van der Waals surface area contributed by atoms with E-state index in [2.05, 4.69) is 137 Å². The normalized spacial score (nSPS) is 11.8. The van der Waals surface area contributed by atoms with Gasteiger partial charge in [0.25, 0.3) is 0 Å². The average Bonchev–Trinajstić information content (AvgIpc) is 3.69. The van der Waals surface area contributed by atoms with Crippen LogP contribution in [0.2, 0.25) is 0 Å². The zero-order valence-corrected chi connectivity index (χ0v) is 25.8. The monoisotopic (exact) mass is 613 g/mol. The van der Waals surface area contributed by atoms with E-state index in [1.54, 1.807) is 0 Å². The van der Waals surface area contributed by atoms with Crippen molar-refractivity contribution in [3.8, 4) is 34.4 Å². The number of hydrogen-bond acceptors (Lipinski definition) is 3. The van der Waals surface area contributed by atoms with Crippen molar-refractivity contribution >= 4 is 54.4 Å². The van der Waals surface area contributed by atoms with E-state index in [4.69, 9.17) is 15.0 Å². The Balaban J connectivity index is 1.42. The van der Waals surface area contributed by atoms with Gasteiger partial charge >= 0.3 is 0 Å². The van der Waals surface area contributed by atoms with Crippen molar-refractivity contribution in [3.63, 3.8) is 0 Å². The van der Waals surface area contributed by atoms with Crippen molar-refractivity contribution < 1.29 is 0 Å². The second kappa shape index (κ2) is 10.5. The van der Waals surface area contributed by atoms with Gasteiger partial charge < -0.3 is 4.57 Å². The molecule has 0 spiro atoms. The van der Waals surface area contributed by atoms with Gasteiger partial charge in [-0.25, -0.2) is 4.98 Å². The molecule has 3 heterocycles. The second-order valence-corrected chi connectivity index (χ2v) is 12.1. The summed E-state index contributed by atoms with van der Waals surface area (Å²) in [5.74, 6) is 1.84. The molecule has 0 aliphatic carbocycles. The summed E-state index contributed by atoms with van der Waals surface area (Å²) in [6.45, 7) is 0. The average molecular weight is 614 g/mol. The Bertz CT molecular complexity index is 2760. The lowest BCUT2D eigenvalue weighted by atomic mass is 10.0. The minimum atomic E-state index is 0.580. The third-order valence-electron chi connectivity index (χ3n) is 9.35. The number of rotatable bonds is 4. The van der Waals surface area contributed by atoms with E-state index >= 15 is 0 Å². The van der Waals surface area contributed by atoms with Crippen LogP contribution in [-0.4, -0.2) is 24.1 Å². The first-order valence-corrected chi connectivity index (χ1v) is 16.1. The molecule has 5 nitrogen and oxygen atoms in total. The highest BCUT2D eigenvalue weighted by atomic mass is 15.2. The highest BCUT2D eigenvalue weighted by Crippen LogP contribution is 2.43. The number of para-hydroxylation sites is 2. The van der Waals surface area contributed by atoms with Crippen LogP contribution >= 0.6 is 0 Å². The Kier molecular flexibility index (Phi) is 5.81. The van der Waals surface area contributed by atoms with Crippen molar-refractivity contribution in [2.24, 2.45) is 0 Å². The summed E-state index contributed by atoms with van der Waals surface area (Å²) < 4.78 is 4.65. The number of hydrogen-bond donors (Lipinski definition) is 0. The van der Waals surface area contributed by atoms with Gasteiger partial charge in [-0.3, -0.25) is 4.57 Å². The van der Waals surface area contributed by atoms with Crippen LogP contribution in [0.3, 0.4) is 0 Å². The zero-order chi connectivity index (χ0) is 31.6. The molecule has 5 heteroatoms. The standard InChI is InChI=1S/C43H27N5/c1-4-15-29(16-5-1)41-44-42(30-17-6-2-7-18-30)46-43(45-41)48-36-23-13-12-22-33(36)34-25-26-35-38-32-21-11-10-14-28(32)24-27-37(38)47(40(35)39(34)48)31-19-8-3-9-20-31/h1-27H. The number of aromatic nitrogens is 5. The first kappa shape index (κ1) is 26.6. The SMILES string of the molecule is c1ccc(-c2nc(-c3ccccc3)nc(-n3c4ccccc4c4ccc5c6c7ccccc7ccc6n(-c6ccccc6)c5c43)n2)cc1. The maximum atomic E-state index is 5.22. The fourth-order valence-corrected chi connectivity index (χ4v) is 7.27. The number of nitrogens with zero attached hydrogens (tertiary/aromatic N) is 5. The van der Waals surface area contributed by atoms with Gasteiger partial charge in [0.15, 0.2) is 11.6 Å². The highest BCUT2D eigenvalue weighted by molar-refractivity contribution is 6.28.